The first-order valence-electron chi connectivity index (χ1n) is 13.5. The highest BCUT2D eigenvalue weighted by molar-refractivity contribution is 7.92. The minimum Gasteiger partial charge on any atom is -0.497 e. The van der Waals surface area contributed by atoms with E-state index in [1.165, 1.54) is 17.0 Å². The molecular formula is C31H39N3O5S. The third kappa shape index (κ3) is 7.41. The molecule has 9 heteroatoms. The van der Waals surface area contributed by atoms with Gasteiger partial charge in [0.25, 0.3) is 10.0 Å². The van der Waals surface area contributed by atoms with Gasteiger partial charge in [0.15, 0.2) is 0 Å². The van der Waals surface area contributed by atoms with E-state index in [2.05, 4.69) is 5.32 Å². The smallest absolute Gasteiger partial charge is 0.264 e. The predicted molar refractivity (Wildman–Crippen MR) is 158 cm³/mol. The van der Waals surface area contributed by atoms with Gasteiger partial charge >= 0.3 is 0 Å². The number of benzene rings is 3. The number of rotatable bonds is 13. The summed E-state index contributed by atoms with van der Waals surface area (Å²) in [5, 5.41) is 2.89. The molecule has 40 heavy (non-hydrogen) atoms. The van der Waals surface area contributed by atoms with Crippen molar-refractivity contribution < 1.29 is 22.7 Å². The average Bonchev–Trinajstić information content (AvgIpc) is 2.95. The van der Waals surface area contributed by atoms with Crippen LogP contribution in [0.25, 0.3) is 0 Å². The molecule has 0 saturated heterocycles. The molecule has 0 aliphatic carbocycles. The number of carbonyl (C=O) groups excluding carboxylic acids is 2. The van der Waals surface area contributed by atoms with Crippen LogP contribution in [-0.4, -0.2) is 51.4 Å². The first-order valence-corrected chi connectivity index (χ1v) is 14.9. The number of nitrogens with zero attached hydrogens (tertiary/aromatic N) is 2. The number of anilines is 1. The molecule has 0 unspecified atom stereocenters. The number of aryl methyl sites for hydroxylation is 2. The number of sulfonamides is 1. The number of hydrogen-bond donors (Lipinski definition) is 1. The molecule has 0 aromatic heterocycles. The van der Waals surface area contributed by atoms with Crippen molar-refractivity contribution in [2.45, 2.75) is 58.0 Å². The summed E-state index contributed by atoms with van der Waals surface area (Å²) >= 11 is 0. The third-order valence-electron chi connectivity index (χ3n) is 6.65. The quantitative estimate of drug-likeness (QED) is 0.320. The molecule has 0 fully saturated rings. The van der Waals surface area contributed by atoms with Crippen LogP contribution in [0.15, 0.2) is 77.7 Å². The van der Waals surface area contributed by atoms with Crippen LogP contribution in [0.1, 0.15) is 43.4 Å². The summed E-state index contributed by atoms with van der Waals surface area (Å²) < 4.78 is 34.4. The molecule has 3 aromatic carbocycles. The van der Waals surface area contributed by atoms with Gasteiger partial charge in [-0.1, -0.05) is 61.9 Å². The van der Waals surface area contributed by atoms with Gasteiger partial charge in [-0.05, 0) is 68.1 Å². The first kappa shape index (κ1) is 30.7. The van der Waals surface area contributed by atoms with E-state index in [1.807, 2.05) is 52.0 Å². The standard InChI is InChI=1S/C31H39N3O5S/c1-6-18-32-31(36)28(7-2)33(21-25-12-11-13-26(20-25)39-5)30(35)22-34(29-17-16-23(3)19-24(29)4)40(37,38)27-14-9-8-10-15-27/h8-17,19-20,28H,6-7,18,21-22H2,1-5H3,(H,32,36)/t28-/m1/s1. The summed E-state index contributed by atoms with van der Waals surface area (Å²) in [5.41, 5.74) is 2.87. The van der Waals surface area contributed by atoms with E-state index < -0.39 is 28.5 Å². The molecule has 0 spiro atoms. The van der Waals surface area contributed by atoms with Crippen LogP contribution in [-0.2, 0) is 26.2 Å². The number of amides is 2. The van der Waals surface area contributed by atoms with Crippen LogP contribution in [0.4, 0.5) is 5.69 Å². The maximum Gasteiger partial charge on any atom is 0.264 e. The maximum atomic E-state index is 14.1. The topological polar surface area (TPSA) is 96.0 Å². The lowest BCUT2D eigenvalue weighted by Gasteiger charge is -2.33. The molecule has 0 aliphatic heterocycles. The number of nitrogens with one attached hydrogen (secondary N) is 1. The molecule has 0 bridgehead atoms. The van der Waals surface area contributed by atoms with Gasteiger partial charge in [0, 0.05) is 13.1 Å². The van der Waals surface area contributed by atoms with Crippen molar-refractivity contribution in [1.82, 2.24) is 10.2 Å². The zero-order valence-electron chi connectivity index (χ0n) is 23.9. The number of hydrogen-bond acceptors (Lipinski definition) is 5. The summed E-state index contributed by atoms with van der Waals surface area (Å²) in [6.07, 6.45) is 1.11. The van der Waals surface area contributed by atoms with E-state index >= 15 is 0 Å². The van der Waals surface area contributed by atoms with Crippen molar-refractivity contribution in [3.8, 4) is 5.75 Å². The van der Waals surface area contributed by atoms with Gasteiger partial charge in [0.2, 0.25) is 11.8 Å². The lowest BCUT2D eigenvalue weighted by Crippen LogP contribution is -2.52. The number of carbonyl (C=O) groups is 2. The van der Waals surface area contributed by atoms with Crippen molar-refractivity contribution in [2.24, 2.45) is 0 Å². The van der Waals surface area contributed by atoms with Crippen LogP contribution < -0.4 is 14.4 Å². The highest BCUT2D eigenvalue weighted by Gasteiger charge is 2.34. The van der Waals surface area contributed by atoms with Crippen LogP contribution in [0, 0.1) is 13.8 Å². The SMILES string of the molecule is CCCNC(=O)[C@@H](CC)N(Cc1cccc(OC)c1)C(=O)CN(c1ccc(C)cc1C)S(=O)(=O)c1ccccc1. The summed E-state index contributed by atoms with van der Waals surface area (Å²) in [6, 6.07) is 20.0. The van der Waals surface area contributed by atoms with Crippen LogP contribution >= 0.6 is 0 Å². The molecular weight excluding hydrogens is 526 g/mol. The summed E-state index contributed by atoms with van der Waals surface area (Å²) in [7, 11) is -2.54. The van der Waals surface area contributed by atoms with E-state index in [0.717, 1.165) is 27.4 Å². The van der Waals surface area contributed by atoms with E-state index in [1.54, 1.807) is 43.5 Å². The van der Waals surface area contributed by atoms with Gasteiger partial charge in [-0.15, -0.1) is 0 Å². The Kier molecular flexibility index (Phi) is 10.7. The van der Waals surface area contributed by atoms with E-state index in [0.29, 0.717) is 24.4 Å². The van der Waals surface area contributed by atoms with Crippen LogP contribution in [0.5, 0.6) is 5.75 Å². The highest BCUT2D eigenvalue weighted by atomic mass is 32.2. The summed E-state index contributed by atoms with van der Waals surface area (Å²) in [6.45, 7) is 7.66. The highest BCUT2D eigenvalue weighted by Crippen LogP contribution is 2.28. The van der Waals surface area contributed by atoms with Crippen molar-refractivity contribution in [3.05, 3.63) is 89.5 Å². The Bertz CT molecular complexity index is 1410. The fourth-order valence-corrected chi connectivity index (χ4v) is 6.07. The molecule has 214 valence electrons. The molecule has 3 rings (SSSR count). The Morgan fingerprint density at radius 1 is 0.950 bits per heavy atom. The Hall–Kier alpha value is -3.85. The van der Waals surface area contributed by atoms with Crippen molar-refractivity contribution in [2.75, 3.05) is 24.5 Å². The van der Waals surface area contributed by atoms with Crippen molar-refractivity contribution in [1.29, 1.82) is 0 Å². The van der Waals surface area contributed by atoms with E-state index in [9.17, 15) is 18.0 Å². The predicted octanol–water partition coefficient (Wildman–Crippen LogP) is 4.84. The Morgan fingerprint density at radius 2 is 1.68 bits per heavy atom. The first-order chi connectivity index (χ1) is 19.1. The zero-order valence-corrected chi connectivity index (χ0v) is 24.7. The fraction of sp³-hybridized carbons (Fsp3) is 0.355. The number of methoxy groups -OCH3 is 1. The van der Waals surface area contributed by atoms with Crippen LogP contribution in [0.2, 0.25) is 0 Å². The molecule has 1 atom stereocenters. The largest absolute Gasteiger partial charge is 0.497 e. The van der Waals surface area contributed by atoms with Crippen molar-refractivity contribution in [3.63, 3.8) is 0 Å². The van der Waals surface area contributed by atoms with Gasteiger partial charge in [0.1, 0.15) is 18.3 Å². The number of ether oxygens (including phenoxy) is 1. The second kappa shape index (κ2) is 14.0. The van der Waals surface area contributed by atoms with E-state index in [-0.39, 0.29) is 17.3 Å². The third-order valence-corrected chi connectivity index (χ3v) is 8.43. The normalized spacial score (nSPS) is 11.9. The fourth-order valence-electron chi connectivity index (χ4n) is 4.57. The minimum atomic E-state index is -4.10. The molecule has 1 N–H and O–H groups in total. The Balaban J connectivity index is 2.08. The minimum absolute atomic E-state index is 0.0786. The zero-order chi connectivity index (χ0) is 29.3. The molecule has 0 saturated carbocycles. The molecule has 8 nitrogen and oxygen atoms in total. The Morgan fingerprint density at radius 3 is 2.30 bits per heavy atom. The molecule has 3 aromatic rings. The monoisotopic (exact) mass is 565 g/mol. The van der Waals surface area contributed by atoms with Gasteiger partial charge in [-0.3, -0.25) is 13.9 Å². The maximum absolute atomic E-state index is 14.1. The lowest BCUT2D eigenvalue weighted by molar-refractivity contribution is -0.140. The summed E-state index contributed by atoms with van der Waals surface area (Å²) in [4.78, 5) is 28.9. The second-order valence-electron chi connectivity index (χ2n) is 9.70. The lowest BCUT2D eigenvalue weighted by atomic mass is 10.1. The summed E-state index contributed by atoms with van der Waals surface area (Å²) in [5.74, 6) is -0.137. The van der Waals surface area contributed by atoms with Crippen LogP contribution in [0.3, 0.4) is 0 Å². The average molecular weight is 566 g/mol. The van der Waals surface area contributed by atoms with Gasteiger partial charge in [-0.2, -0.15) is 0 Å². The molecule has 0 aliphatic rings. The second-order valence-corrected chi connectivity index (χ2v) is 11.6. The van der Waals surface area contributed by atoms with Gasteiger partial charge in [0.05, 0.1) is 17.7 Å². The Labute approximate surface area is 238 Å². The van der Waals surface area contributed by atoms with Crippen molar-refractivity contribution >= 4 is 27.5 Å². The molecule has 0 heterocycles. The van der Waals surface area contributed by atoms with Gasteiger partial charge in [-0.25, -0.2) is 8.42 Å². The molecule has 0 radical (unpaired) electrons. The molecule has 2 amide bonds. The van der Waals surface area contributed by atoms with E-state index in [4.69, 9.17) is 4.74 Å². The van der Waals surface area contributed by atoms with Gasteiger partial charge < -0.3 is 15.0 Å².